The average molecular weight is 511 g/mol. The molecule has 4 heterocycles. The lowest BCUT2D eigenvalue weighted by atomic mass is 10.1. The first-order valence-electron chi connectivity index (χ1n) is 12.7. The topological polar surface area (TPSA) is 120 Å². The Morgan fingerprint density at radius 2 is 1.76 bits per heavy atom. The van der Waals surface area contributed by atoms with Gasteiger partial charge in [-0.3, -0.25) is 19.1 Å². The minimum absolute atomic E-state index is 0.0311. The minimum Gasteiger partial charge on any atom is -0.456 e. The van der Waals surface area contributed by atoms with Crippen molar-refractivity contribution < 1.29 is 14.3 Å². The number of carbonyl (C=O) groups is 2. The first-order chi connectivity index (χ1) is 18.6. The van der Waals surface area contributed by atoms with Gasteiger partial charge >= 0.3 is 0 Å². The van der Waals surface area contributed by atoms with Gasteiger partial charge in [0.15, 0.2) is 0 Å². The van der Waals surface area contributed by atoms with Gasteiger partial charge in [-0.25, -0.2) is 14.6 Å². The molecule has 1 saturated carbocycles. The predicted molar refractivity (Wildman–Crippen MR) is 141 cm³/mol. The molecule has 2 amide bonds. The number of aromatic nitrogens is 4. The molecule has 0 atom stereocenters. The van der Waals surface area contributed by atoms with Crippen LogP contribution in [0.4, 0.5) is 11.6 Å². The van der Waals surface area contributed by atoms with Crippen LogP contribution in [-0.4, -0.2) is 31.1 Å². The number of benzene rings is 1. The Hall–Kier alpha value is -4.73. The van der Waals surface area contributed by atoms with Crippen LogP contribution in [0.15, 0.2) is 71.8 Å². The van der Waals surface area contributed by atoms with Gasteiger partial charge in [0.25, 0.3) is 11.5 Å². The molecular weight excluding hydrogens is 484 g/mol. The highest BCUT2D eigenvalue weighted by atomic mass is 16.5. The number of rotatable bonds is 7. The summed E-state index contributed by atoms with van der Waals surface area (Å²) in [5.74, 6) is 1.22. The third-order valence-corrected chi connectivity index (χ3v) is 6.65. The van der Waals surface area contributed by atoms with E-state index in [1.165, 1.54) is 6.20 Å². The van der Waals surface area contributed by atoms with Crippen LogP contribution in [0, 0.1) is 5.92 Å². The molecule has 1 aliphatic carbocycles. The van der Waals surface area contributed by atoms with Crippen LogP contribution < -0.4 is 20.9 Å². The smallest absolute Gasteiger partial charge is 0.284 e. The molecule has 0 radical (unpaired) electrons. The van der Waals surface area contributed by atoms with Gasteiger partial charge in [0.2, 0.25) is 5.91 Å². The zero-order valence-corrected chi connectivity index (χ0v) is 20.6. The van der Waals surface area contributed by atoms with Gasteiger partial charge in [-0.15, -0.1) is 0 Å². The number of hydrogen-bond donors (Lipinski definition) is 2. The number of hydrogen-bond acceptors (Lipinski definition) is 6. The van der Waals surface area contributed by atoms with Crippen LogP contribution in [-0.2, 0) is 17.8 Å². The fourth-order valence-corrected chi connectivity index (χ4v) is 4.63. The summed E-state index contributed by atoms with van der Waals surface area (Å²) in [6, 6.07) is 16.0. The zero-order chi connectivity index (χ0) is 26.1. The van der Waals surface area contributed by atoms with Crippen LogP contribution in [0.25, 0.3) is 5.69 Å². The molecule has 0 spiro atoms. The summed E-state index contributed by atoms with van der Waals surface area (Å²) in [5.41, 5.74) is 1.27. The SMILES string of the molecule is O=C(Nc1ccc(Oc2ccnc(NC(=O)C3CC3)c2)cn1)c1c2n(n(-c3ccccc3)c1=O)CCCC2. The molecule has 1 aliphatic heterocycles. The van der Waals surface area contributed by atoms with Crippen molar-refractivity contribution >= 4 is 23.5 Å². The van der Waals surface area contributed by atoms with E-state index in [0.29, 0.717) is 36.1 Å². The Morgan fingerprint density at radius 3 is 2.53 bits per heavy atom. The fraction of sp³-hybridized carbons (Fsp3) is 0.250. The molecule has 3 aromatic heterocycles. The van der Waals surface area contributed by atoms with Crippen LogP contribution >= 0.6 is 0 Å². The maximum atomic E-state index is 13.4. The molecule has 1 fully saturated rings. The van der Waals surface area contributed by atoms with Gasteiger partial charge in [-0.1, -0.05) is 18.2 Å². The van der Waals surface area contributed by atoms with Gasteiger partial charge in [0, 0.05) is 24.7 Å². The summed E-state index contributed by atoms with van der Waals surface area (Å²) in [7, 11) is 0. The molecule has 2 aliphatic rings. The van der Waals surface area contributed by atoms with Crippen molar-refractivity contribution in [3.63, 3.8) is 0 Å². The number of pyridine rings is 2. The van der Waals surface area contributed by atoms with E-state index < -0.39 is 5.91 Å². The van der Waals surface area contributed by atoms with E-state index in [0.717, 1.165) is 37.1 Å². The van der Waals surface area contributed by atoms with Crippen molar-refractivity contribution in [2.75, 3.05) is 10.6 Å². The monoisotopic (exact) mass is 510 g/mol. The third kappa shape index (κ3) is 4.80. The van der Waals surface area contributed by atoms with E-state index in [9.17, 15) is 14.4 Å². The van der Waals surface area contributed by atoms with Crippen molar-refractivity contribution in [3.05, 3.63) is 88.6 Å². The number of carbonyl (C=O) groups excluding carboxylic acids is 2. The third-order valence-electron chi connectivity index (χ3n) is 6.65. The van der Waals surface area contributed by atoms with E-state index in [2.05, 4.69) is 20.6 Å². The fourth-order valence-electron chi connectivity index (χ4n) is 4.63. The highest BCUT2D eigenvalue weighted by Crippen LogP contribution is 2.30. The Balaban J connectivity index is 1.18. The van der Waals surface area contributed by atoms with Gasteiger partial charge in [0.1, 0.15) is 28.7 Å². The standard InChI is InChI=1S/C28H26N6O4/c35-26(18-9-10-18)32-24-16-20(13-14-29-24)38-21-11-12-23(30-17-21)31-27(36)25-22-8-4-5-15-33(22)34(28(25)37)19-6-2-1-3-7-19/h1-3,6-7,11-14,16-18H,4-5,8-10,15H2,(H,29,32,35)(H,30,31,36). The van der Waals surface area contributed by atoms with Gasteiger partial charge in [-0.05, 0) is 62.4 Å². The molecule has 4 aromatic rings. The molecule has 192 valence electrons. The predicted octanol–water partition coefficient (Wildman–Crippen LogP) is 4.16. The van der Waals surface area contributed by atoms with Crippen LogP contribution in [0.5, 0.6) is 11.5 Å². The summed E-state index contributed by atoms with van der Waals surface area (Å²) < 4.78 is 9.34. The first-order valence-corrected chi connectivity index (χ1v) is 12.7. The largest absolute Gasteiger partial charge is 0.456 e. The summed E-state index contributed by atoms with van der Waals surface area (Å²) in [4.78, 5) is 47.1. The number of nitrogens with zero attached hydrogens (tertiary/aromatic N) is 4. The highest BCUT2D eigenvalue weighted by molar-refractivity contribution is 6.04. The normalized spacial score (nSPS) is 14.4. The molecule has 6 rings (SSSR count). The molecule has 2 N–H and O–H groups in total. The Bertz CT molecular complexity index is 1550. The van der Waals surface area contributed by atoms with Crippen molar-refractivity contribution in [3.8, 4) is 17.2 Å². The van der Waals surface area contributed by atoms with Crippen molar-refractivity contribution in [1.29, 1.82) is 0 Å². The second-order valence-corrected chi connectivity index (χ2v) is 9.43. The molecule has 10 heteroatoms. The van der Waals surface area contributed by atoms with E-state index in [-0.39, 0.29) is 22.9 Å². The molecule has 0 saturated heterocycles. The Kier molecular flexibility index (Phi) is 6.20. The quantitative estimate of drug-likeness (QED) is 0.385. The van der Waals surface area contributed by atoms with Crippen LogP contribution in [0.1, 0.15) is 41.7 Å². The maximum absolute atomic E-state index is 13.4. The number of para-hydroxylation sites is 1. The molecule has 0 unspecified atom stereocenters. The van der Waals surface area contributed by atoms with Crippen LogP contribution in [0.2, 0.25) is 0 Å². The van der Waals surface area contributed by atoms with Gasteiger partial charge in [0.05, 0.1) is 17.6 Å². The average Bonchev–Trinajstić information content (AvgIpc) is 3.74. The van der Waals surface area contributed by atoms with E-state index in [1.54, 1.807) is 35.1 Å². The first kappa shape index (κ1) is 23.7. The number of anilines is 2. The Labute approximate surface area is 218 Å². The molecule has 10 nitrogen and oxygen atoms in total. The molecule has 38 heavy (non-hydrogen) atoms. The second-order valence-electron chi connectivity index (χ2n) is 9.43. The van der Waals surface area contributed by atoms with Crippen LogP contribution in [0.3, 0.4) is 0 Å². The minimum atomic E-state index is -0.485. The molecular formula is C28H26N6O4. The van der Waals surface area contributed by atoms with E-state index in [4.69, 9.17) is 4.74 Å². The second kappa shape index (κ2) is 9.97. The summed E-state index contributed by atoms with van der Waals surface area (Å²) in [6.07, 6.45) is 7.39. The van der Waals surface area contributed by atoms with E-state index >= 15 is 0 Å². The number of nitrogens with one attached hydrogen (secondary N) is 2. The zero-order valence-electron chi connectivity index (χ0n) is 20.6. The summed E-state index contributed by atoms with van der Waals surface area (Å²) in [5, 5.41) is 5.55. The maximum Gasteiger partial charge on any atom is 0.284 e. The van der Waals surface area contributed by atoms with Gasteiger partial charge in [-0.2, -0.15) is 0 Å². The lowest BCUT2D eigenvalue weighted by molar-refractivity contribution is -0.117. The van der Waals surface area contributed by atoms with Crippen molar-refractivity contribution in [1.82, 2.24) is 19.3 Å². The number of amides is 2. The number of ether oxygens (including phenoxy) is 1. The highest BCUT2D eigenvalue weighted by Gasteiger charge is 2.30. The van der Waals surface area contributed by atoms with Crippen molar-refractivity contribution in [2.45, 2.75) is 38.6 Å². The summed E-state index contributed by atoms with van der Waals surface area (Å²) in [6.45, 7) is 0.679. The summed E-state index contributed by atoms with van der Waals surface area (Å²) >= 11 is 0. The molecule has 0 bridgehead atoms. The lowest BCUT2D eigenvalue weighted by Crippen LogP contribution is -2.26. The van der Waals surface area contributed by atoms with E-state index in [1.807, 2.05) is 35.0 Å². The Morgan fingerprint density at radius 1 is 0.921 bits per heavy atom. The lowest BCUT2D eigenvalue weighted by Gasteiger charge is -2.19. The molecule has 1 aromatic carbocycles. The van der Waals surface area contributed by atoms with Gasteiger partial charge < -0.3 is 15.4 Å². The van der Waals surface area contributed by atoms with Crippen molar-refractivity contribution in [2.24, 2.45) is 5.92 Å². The number of fused-ring (bicyclic) bond motifs is 1.